The van der Waals surface area contributed by atoms with Gasteiger partial charge in [-0.15, -0.1) is 0 Å². The maximum absolute atomic E-state index is 10.3. The van der Waals surface area contributed by atoms with Crippen molar-refractivity contribution in [3.63, 3.8) is 0 Å². The molecule has 3 heteroatoms. The van der Waals surface area contributed by atoms with E-state index >= 15 is 0 Å². The van der Waals surface area contributed by atoms with Gasteiger partial charge in [0.05, 0.1) is 0 Å². The Morgan fingerprint density at radius 3 is 1.79 bits per heavy atom. The third-order valence-corrected chi connectivity index (χ3v) is 1.66. The van der Waals surface area contributed by atoms with Gasteiger partial charge in [-0.1, -0.05) is 17.2 Å². The molecule has 76 valence electrons. The summed E-state index contributed by atoms with van der Waals surface area (Å²) in [6.45, 7) is 0. The molecule has 0 saturated carbocycles. The molecule has 0 amide bonds. The SMILES string of the molecule is O=C(Cl)[c-]1cccc1.[Fe].c1cc[cH-]c1. The minimum atomic E-state index is -0.394. The van der Waals surface area contributed by atoms with Gasteiger partial charge in [-0.25, -0.2) is 24.3 Å². The average molecular weight is 248 g/mol. The fourth-order valence-corrected chi connectivity index (χ4v) is 0.952. The van der Waals surface area contributed by atoms with Crippen LogP contribution < -0.4 is 0 Å². The van der Waals surface area contributed by atoms with E-state index in [4.69, 9.17) is 11.6 Å². The molecule has 2 rings (SSSR count). The van der Waals surface area contributed by atoms with Gasteiger partial charge in [0.25, 0.3) is 0 Å². The van der Waals surface area contributed by atoms with Gasteiger partial charge in [0.2, 0.25) is 0 Å². The second kappa shape index (κ2) is 7.57. The molecule has 0 saturated heterocycles. The zero-order valence-electron chi connectivity index (χ0n) is 7.34. The van der Waals surface area contributed by atoms with Crippen LogP contribution in [-0.4, -0.2) is 5.24 Å². The number of halogens is 1. The van der Waals surface area contributed by atoms with E-state index in [1.54, 1.807) is 24.3 Å². The molecule has 0 aliphatic rings. The summed E-state index contributed by atoms with van der Waals surface area (Å²) < 4.78 is 0. The summed E-state index contributed by atoms with van der Waals surface area (Å²) in [7, 11) is 0. The Hall–Kier alpha value is -0.821. The minimum Gasteiger partial charge on any atom is -0.291 e. The Labute approximate surface area is 98.9 Å². The van der Waals surface area contributed by atoms with Crippen LogP contribution in [-0.2, 0) is 17.1 Å². The van der Waals surface area contributed by atoms with Crippen molar-refractivity contribution in [3.05, 3.63) is 60.2 Å². The van der Waals surface area contributed by atoms with E-state index in [1.165, 1.54) is 0 Å². The molecule has 0 heterocycles. The molecule has 0 atom stereocenters. The van der Waals surface area contributed by atoms with Crippen molar-refractivity contribution < 1.29 is 21.9 Å². The van der Waals surface area contributed by atoms with Gasteiger partial charge in [-0.3, -0.25) is 4.79 Å². The number of hydrogen-bond acceptors (Lipinski definition) is 1. The smallest absolute Gasteiger partial charge is 0.197 e. The van der Waals surface area contributed by atoms with Gasteiger partial charge < -0.3 is 0 Å². The Morgan fingerprint density at radius 1 is 1.07 bits per heavy atom. The van der Waals surface area contributed by atoms with Gasteiger partial charge in [0.1, 0.15) is 0 Å². The summed E-state index contributed by atoms with van der Waals surface area (Å²) in [6, 6.07) is 16.9. The largest absolute Gasteiger partial charge is 0.291 e. The summed E-state index contributed by atoms with van der Waals surface area (Å²) in [4.78, 5) is 10.3. The fraction of sp³-hybridized carbons (Fsp3) is 0. The van der Waals surface area contributed by atoms with Crippen LogP contribution in [0.15, 0.2) is 54.6 Å². The van der Waals surface area contributed by atoms with E-state index in [2.05, 4.69) is 0 Å². The monoisotopic (exact) mass is 248 g/mol. The minimum absolute atomic E-state index is 0. The molecule has 0 aromatic heterocycles. The quantitative estimate of drug-likeness (QED) is 0.430. The predicted molar refractivity (Wildman–Crippen MR) is 54.3 cm³/mol. The standard InChI is InChI=1S/C6H4ClO.C5H5.Fe/c7-6(8)5-3-1-2-4-5;1-2-4-5-3-1;/h1-4H;1-5H;/q2*-1;. The summed E-state index contributed by atoms with van der Waals surface area (Å²) in [5.74, 6) is 0. The normalized spacial score (nSPS) is 8.07. The first kappa shape index (κ1) is 13.2. The van der Waals surface area contributed by atoms with Crippen LogP contribution in [0.1, 0.15) is 10.4 Å². The zero-order valence-corrected chi connectivity index (χ0v) is 9.20. The molecule has 0 bridgehead atoms. The van der Waals surface area contributed by atoms with Gasteiger partial charge >= 0.3 is 0 Å². The molecule has 14 heavy (non-hydrogen) atoms. The van der Waals surface area contributed by atoms with E-state index in [-0.39, 0.29) is 17.1 Å². The van der Waals surface area contributed by atoms with Crippen molar-refractivity contribution in [2.45, 2.75) is 0 Å². The van der Waals surface area contributed by atoms with Crippen molar-refractivity contribution in [2.75, 3.05) is 0 Å². The third kappa shape index (κ3) is 5.03. The molecule has 0 spiro atoms. The maximum Gasteiger partial charge on any atom is 0.197 e. The molecule has 2 aromatic rings. The van der Waals surface area contributed by atoms with Crippen molar-refractivity contribution in [1.82, 2.24) is 0 Å². The first-order valence-corrected chi connectivity index (χ1v) is 4.27. The summed E-state index contributed by atoms with van der Waals surface area (Å²) in [5.41, 5.74) is 0.562. The van der Waals surface area contributed by atoms with Crippen LogP contribution in [0.2, 0.25) is 0 Å². The van der Waals surface area contributed by atoms with Crippen LogP contribution >= 0.6 is 11.6 Å². The van der Waals surface area contributed by atoms with Crippen LogP contribution in [0.3, 0.4) is 0 Å². The van der Waals surface area contributed by atoms with E-state index in [9.17, 15) is 4.79 Å². The fourth-order valence-electron chi connectivity index (χ4n) is 0.826. The second-order valence-corrected chi connectivity index (χ2v) is 2.75. The van der Waals surface area contributed by atoms with Gasteiger partial charge in [-0.05, 0) is 0 Å². The molecule has 2 aromatic carbocycles. The molecule has 1 nitrogen and oxygen atoms in total. The van der Waals surface area contributed by atoms with Crippen molar-refractivity contribution in [3.8, 4) is 0 Å². The Morgan fingerprint density at radius 2 is 1.57 bits per heavy atom. The van der Waals surface area contributed by atoms with E-state index in [1.807, 2.05) is 30.3 Å². The van der Waals surface area contributed by atoms with Crippen LogP contribution in [0.25, 0.3) is 0 Å². The molecule has 0 unspecified atom stereocenters. The zero-order chi connectivity index (χ0) is 9.52. The maximum atomic E-state index is 10.3. The molecule has 0 radical (unpaired) electrons. The Kier molecular flexibility index (Phi) is 7.13. The van der Waals surface area contributed by atoms with Crippen molar-refractivity contribution in [2.24, 2.45) is 0 Å². The molecule has 0 N–H and O–H groups in total. The van der Waals surface area contributed by atoms with Crippen LogP contribution in [0.5, 0.6) is 0 Å². The van der Waals surface area contributed by atoms with Gasteiger partial charge in [0.15, 0.2) is 5.24 Å². The predicted octanol–water partition coefficient (Wildman–Crippen LogP) is 3.19. The van der Waals surface area contributed by atoms with Crippen LogP contribution in [0.4, 0.5) is 0 Å². The van der Waals surface area contributed by atoms with E-state index in [0.717, 1.165) is 0 Å². The molecular weight excluding hydrogens is 239 g/mol. The first-order chi connectivity index (χ1) is 6.30. The molecule has 0 fully saturated rings. The van der Waals surface area contributed by atoms with Crippen molar-refractivity contribution >= 4 is 16.8 Å². The van der Waals surface area contributed by atoms with Gasteiger partial charge in [0, 0.05) is 17.1 Å². The Bertz CT molecular complexity index is 307. The third-order valence-electron chi connectivity index (χ3n) is 1.45. The molecule has 0 aliphatic heterocycles. The second-order valence-electron chi connectivity index (χ2n) is 2.41. The molecule has 0 aliphatic carbocycles. The number of carbonyl (C=O) groups excluding carboxylic acids is 1. The van der Waals surface area contributed by atoms with E-state index < -0.39 is 5.24 Å². The number of carbonyl (C=O) groups is 1. The van der Waals surface area contributed by atoms with E-state index in [0.29, 0.717) is 5.56 Å². The first-order valence-electron chi connectivity index (χ1n) is 3.89. The number of rotatable bonds is 1. The topological polar surface area (TPSA) is 17.1 Å². The molecular formula is C11H9ClFeO-2. The summed E-state index contributed by atoms with van der Waals surface area (Å²) >= 11 is 5.11. The number of hydrogen-bond donors (Lipinski definition) is 0. The summed E-state index contributed by atoms with van der Waals surface area (Å²) in [6.07, 6.45) is 0. The van der Waals surface area contributed by atoms with Crippen LogP contribution in [0, 0.1) is 0 Å². The van der Waals surface area contributed by atoms with Crippen molar-refractivity contribution in [1.29, 1.82) is 0 Å². The average Bonchev–Trinajstić information content (AvgIpc) is 2.82. The summed E-state index contributed by atoms with van der Waals surface area (Å²) in [5, 5.41) is -0.394. The van der Waals surface area contributed by atoms with Gasteiger partial charge in [-0.2, -0.15) is 30.3 Å². The Balaban J connectivity index is 0.000000246.